The van der Waals surface area contributed by atoms with Gasteiger partial charge in [-0.3, -0.25) is 4.90 Å². The van der Waals surface area contributed by atoms with Gasteiger partial charge >= 0.3 is 0 Å². The average molecular weight is 420 g/mol. The van der Waals surface area contributed by atoms with Crippen molar-refractivity contribution < 1.29 is 9.47 Å². The second-order valence-corrected chi connectivity index (χ2v) is 8.23. The Kier molecular flexibility index (Phi) is 5.29. The van der Waals surface area contributed by atoms with Crippen LogP contribution in [0.3, 0.4) is 0 Å². The number of H-pyrrole nitrogens is 1. The number of ether oxygens (including phenoxy) is 2. The predicted molar refractivity (Wildman–Crippen MR) is 124 cm³/mol. The summed E-state index contributed by atoms with van der Waals surface area (Å²) in [6.45, 7) is 6.45. The first-order valence-corrected chi connectivity index (χ1v) is 10.8. The number of pyridine rings is 1. The molecule has 1 aliphatic rings. The number of benzene rings is 1. The molecule has 0 spiro atoms. The van der Waals surface area contributed by atoms with E-state index in [-0.39, 0.29) is 0 Å². The number of piperazine rings is 1. The van der Waals surface area contributed by atoms with Crippen LogP contribution in [0.1, 0.15) is 0 Å². The molecule has 5 rings (SSSR count). The Labute approximate surface area is 182 Å². The molecule has 1 N–H and O–H groups in total. The van der Waals surface area contributed by atoms with Crippen LogP contribution in [0.5, 0.6) is 11.5 Å². The zero-order valence-corrected chi connectivity index (χ0v) is 18.4. The standard InChI is InChI=1S/C24H29N5O2/c1-27-7-9-28(10-8-27)11-12-29-16-19(20-13-17-5-4-6-25-24(17)26-20)18-14-22(30-2)23(31-3)15-21(18)29/h4-6,13-16H,7-12H2,1-3H3,(H,25,26). The van der Waals surface area contributed by atoms with Gasteiger partial charge in [0.1, 0.15) is 5.65 Å². The van der Waals surface area contributed by atoms with Crippen molar-refractivity contribution in [3.8, 4) is 22.8 Å². The molecule has 0 radical (unpaired) electrons. The molecule has 7 nitrogen and oxygen atoms in total. The molecule has 0 bridgehead atoms. The summed E-state index contributed by atoms with van der Waals surface area (Å²) in [5.74, 6) is 1.49. The van der Waals surface area contributed by atoms with E-state index < -0.39 is 0 Å². The molecule has 1 aromatic carbocycles. The monoisotopic (exact) mass is 419 g/mol. The minimum Gasteiger partial charge on any atom is -0.493 e. The van der Waals surface area contributed by atoms with Crippen molar-refractivity contribution >= 4 is 21.9 Å². The summed E-state index contributed by atoms with van der Waals surface area (Å²) in [6, 6.07) is 10.4. The molecule has 7 heteroatoms. The van der Waals surface area contributed by atoms with E-state index in [2.05, 4.69) is 61.8 Å². The third-order valence-corrected chi connectivity index (χ3v) is 6.32. The fourth-order valence-corrected chi connectivity index (χ4v) is 4.44. The van der Waals surface area contributed by atoms with E-state index in [1.165, 1.54) is 0 Å². The lowest BCUT2D eigenvalue weighted by atomic mass is 10.1. The summed E-state index contributed by atoms with van der Waals surface area (Å²) in [4.78, 5) is 12.9. The van der Waals surface area contributed by atoms with Crippen LogP contribution in [0.25, 0.3) is 33.2 Å². The molecule has 1 aliphatic heterocycles. The maximum atomic E-state index is 5.60. The van der Waals surface area contributed by atoms with Gasteiger partial charge in [-0.15, -0.1) is 0 Å². The third-order valence-electron chi connectivity index (χ3n) is 6.32. The molecule has 31 heavy (non-hydrogen) atoms. The van der Waals surface area contributed by atoms with Gasteiger partial charge in [0.2, 0.25) is 0 Å². The number of hydrogen-bond acceptors (Lipinski definition) is 5. The van der Waals surface area contributed by atoms with Gasteiger partial charge in [-0.2, -0.15) is 0 Å². The maximum Gasteiger partial charge on any atom is 0.162 e. The molecule has 0 aliphatic carbocycles. The summed E-state index contributed by atoms with van der Waals surface area (Å²) >= 11 is 0. The highest BCUT2D eigenvalue weighted by molar-refractivity contribution is 5.99. The van der Waals surface area contributed by atoms with Crippen molar-refractivity contribution in [1.82, 2.24) is 24.3 Å². The number of fused-ring (bicyclic) bond motifs is 2. The van der Waals surface area contributed by atoms with Gasteiger partial charge in [-0.25, -0.2) is 4.98 Å². The molecular weight excluding hydrogens is 390 g/mol. The number of methoxy groups -OCH3 is 2. The van der Waals surface area contributed by atoms with Crippen LogP contribution >= 0.6 is 0 Å². The Morgan fingerprint density at radius 3 is 2.52 bits per heavy atom. The first-order valence-electron chi connectivity index (χ1n) is 10.8. The van der Waals surface area contributed by atoms with Gasteiger partial charge in [0, 0.05) is 79.8 Å². The number of aromatic nitrogens is 3. The van der Waals surface area contributed by atoms with E-state index in [1.54, 1.807) is 14.2 Å². The molecule has 0 unspecified atom stereocenters. The second kappa shape index (κ2) is 8.24. The van der Waals surface area contributed by atoms with Gasteiger partial charge in [0.15, 0.2) is 11.5 Å². The Morgan fingerprint density at radius 1 is 1.00 bits per heavy atom. The lowest BCUT2D eigenvalue weighted by Crippen LogP contribution is -2.45. The summed E-state index contributed by atoms with van der Waals surface area (Å²) in [5.41, 5.74) is 4.25. The molecule has 0 saturated carbocycles. The Hall–Kier alpha value is -3.03. The number of aromatic amines is 1. The number of hydrogen-bond donors (Lipinski definition) is 1. The normalized spacial score (nSPS) is 15.7. The van der Waals surface area contributed by atoms with E-state index in [9.17, 15) is 0 Å². The number of nitrogens with zero attached hydrogens (tertiary/aromatic N) is 4. The van der Waals surface area contributed by atoms with Crippen molar-refractivity contribution in [1.29, 1.82) is 0 Å². The molecule has 0 atom stereocenters. The molecule has 4 heterocycles. The topological polar surface area (TPSA) is 58.5 Å². The van der Waals surface area contributed by atoms with E-state index in [0.717, 1.165) is 84.0 Å². The SMILES string of the molecule is COc1cc2c(-c3cc4cccnc4[nH]3)cn(CCN3CCN(C)CC3)c2cc1OC. The van der Waals surface area contributed by atoms with Gasteiger partial charge in [0.25, 0.3) is 0 Å². The number of likely N-dealkylation sites (N-methyl/N-ethyl adjacent to an activating group) is 1. The first kappa shape index (κ1) is 19.9. The van der Waals surface area contributed by atoms with Crippen molar-refractivity contribution in [2.24, 2.45) is 0 Å². The van der Waals surface area contributed by atoms with Gasteiger partial charge < -0.3 is 23.9 Å². The van der Waals surface area contributed by atoms with Crippen LogP contribution in [-0.4, -0.2) is 78.3 Å². The Balaban J connectivity index is 1.56. The molecule has 1 saturated heterocycles. The fraction of sp³-hybridized carbons (Fsp3) is 0.375. The van der Waals surface area contributed by atoms with Crippen molar-refractivity contribution in [2.75, 3.05) is 54.0 Å². The Morgan fingerprint density at radius 2 is 1.77 bits per heavy atom. The van der Waals surface area contributed by atoms with Crippen LogP contribution in [-0.2, 0) is 6.54 Å². The van der Waals surface area contributed by atoms with E-state index in [0.29, 0.717) is 0 Å². The zero-order valence-electron chi connectivity index (χ0n) is 18.4. The summed E-state index contributed by atoms with van der Waals surface area (Å²) in [6.07, 6.45) is 4.06. The van der Waals surface area contributed by atoms with Crippen LogP contribution in [0.4, 0.5) is 0 Å². The molecule has 3 aromatic heterocycles. The van der Waals surface area contributed by atoms with Crippen molar-refractivity contribution in [3.05, 3.63) is 42.7 Å². The van der Waals surface area contributed by atoms with Crippen molar-refractivity contribution in [2.45, 2.75) is 6.54 Å². The fourth-order valence-electron chi connectivity index (χ4n) is 4.44. The van der Waals surface area contributed by atoms with Crippen LogP contribution in [0, 0.1) is 0 Å². The highest BCUT2D eigenvalue weighted by Gasteiger charge is 2.18. The third kappa shape index (κ3) is 3.75. The summed E-state index contributed by atoms with van der Waals surface area (Å²) < 4.78 is 13.5. The van der Waals surface area contributed by atoms with E-state index in [4.69, 9.17) is 9.47 Å². The molecule has 4 aromatic rings. The number of nitrogens with one attached hydrogen (secondary N) is 1. The quantitative estimate of drug-likeness (QED) is 0.519. The lowest BCUT2D eigenvalue weighted by molar-refractivity contribution is 0.150. The zero-order chi connectivity index (χ0) is 21.4. The molecule has 1 fully saturated rings. The highest BCUT2D eigenvalue weighted by Crippen LogP contribution is 2.38. The Bertz CT molecular complexity index is 1170. The van der Waals surface area contributed by atoms with Gasteiger partial charge in [0.05, 0.1) is 19.7 Å². The van der Waals surface area contributed by atoms with Crippen LogP contribution in [0.15, 0.2) is 42.7 Å². The molecule has 162 valence electrons. The molecular formula is C24H29N5O2. The van der Waals surface area contributed by atoms with Crippen molar-refractivity contribution in [3.63, 3.8) is 0 Å². The predicted octanol–water partition coefficient (Wildman–Crippen LogP) is 3.45. The molecule has 0 amide bonds. The first-order chi connectivity index (χ1) is 15.2. The lowest BCUT2D eigenvalue weighted by Gasteiger charge is -2.32. The summed E-state index contributed by atoms with van der Waals surface area (Å²) in [5, 5.41) is 2.25. The van der Waals surface area contributed by atoms with E-state index >= 15 is 0 Å². The maximum absolute atomic E-state index is 5.60. The van der Waals surface area contributed by atoms with Gasteiger partial charge in [-0.1, -0.05) is 0 Å². The van der Waals surface area contributed by atoms with E-state index in [1.807, 2.05) is 12.3 Å². The minimum absolute atomic E-state index is 0.738. The highest BCUT2D eigenvalue weighted by atomic mass is 16.5. The average Bonchev–Trinajstić information content (AvgIpc) is 3.38. The van der Waals surface area contributed by atoms with Crippen LogP contribution in [0.2, 0.25) is 0 Å². The largest absolute Gasteiger partial charge is 0.493 e. The summed E-state index contributed by atoms with van der Waals surface area (Å²) in [7, 11) is 5.56. The minimum atomic E-state index is 0.738. The van der Waals surface area contributed by atoms with Gasteiger partial charge in [-0.05, 0) is 31.3 Å². The second-order valence-electron chi connectivity index (χ2n) is 8.23. The number of rotatable bonds is 6. The smallest absolute Gasteiger partial charge is 0.162 e. The van der Waals surface area contributed by atoms with Crippen LogP contribution < -0.4 is 9.47 Å².